The molecule has 1 nitrogen and oxygen atoms in total. The molecule has 0 spiro atoms. The normalized spacial score (nSPS) is 13.0. The lowest BCUT2D eigenvalue weighted by Crippen LogP contribution is -1.94. The van der Waals surface area contributed by atoms with Crippen molar-refractivity contribution in [3.63, 3.8) is 0 Å². The number of hydrogen-bond acceptors (Lipinski definition) is 2. The van der Waals surface area contributed by atoms with Gasteiger partial charge in [0.2, 0.25) is 0 Å². The Morgan fingerprint density at radius 2 is 1.82 bits per heavy atom. The number of ether oxygens (including phenoxy) is 1. The Kier molecular flexibility index (Phi) is 2.97. The number of rotatable bonds is 2. The standard InChI is InChI=1S/C9H12OS/c1-7(10-2)8-3-5-9(11)6-4-8/h3-7,11H,1-2H3/t7-/m0/s1. The lowest BCUT2D eigenvalue weighted by atomic mass is 10.1. The van der Waals surface area contributed by atoms with E-state index in [0.717, 1.165) is 4.90 Å². The summed E-state index contributed by atoms with van der Waals surface area (Å²) in [6, 6.07) is 7.98. The third-order valence-electron chi connectivity index (χ3n) is 1.72. The van der Waals surface area contributed by atoms with Crippen LogP contribution in [0, 0.1) is 0 Å². The van der Waals surface area contributed by atoms with Gasteiger partial charge in [0.15, 0.2) is 0 Å². The van der Waals surface area contributed by atoms with E-state index in [1.165, 1.54) is 5.56 Å². The average Bonchev–Trinajstić information content (AvgIpc) is 2.05. The molecule has 0 saturated heterocycles. The second-order valence-corrected chi connectivity index (χ2v) is 2.99. The molecule has 0 fully saturated rings. The first kappa shape index (κ1) is 8.62. The molecular weight excluding hydrogens is 156 g/mol. The quantitative estimate of drug-likeness (QED) is 0.668. The lowest BCUT2D eigenvalue weighted by molar-refractivity contribution is 0.119. The highest BCUT2D eigenvalue weighted by atomic mass is 32.1. The summed E-state index contributed by atoms with van der Waals surface area (Å²) < 4.78 is 5.15. The van der Waals surface area contributed by atoms with Gasteiger partial charge < -0.3 is 4.74 Å². The van der Waals surface area contributed by atoms with Crippen LogP contribution in [-0.4, -0.2) is 7.11 Å². The monoisotopic (exact) mass is 168 g/mol. The van der Waals surface area contributed by atoms with Crippen LogP contribution in [-0.2, 0) is 4.74 Å². The number of benzene rings is 1. The fourth-order valence-electron chi connectivity index (χ4n) is 0.881. The van der Waals surface area contributed by atoms with Crippen LogP contribution in [0.1, 0.15) is 18.6 Å². The van der Waals surface area contributed by atoms with Gasteiger partial charge in [-0.15, -0.1) is 12.6 Å². The Hall–Kier alpha value is -0.470. The summed E-state index contributed by atoms with van der Waals surface area (Å²) in [5, 5.41) is 0. The van der Waals surface area contributed by atoms with Crippen molar-refractivity contribution in [2.75, 3.05) is 7.11 Å². The van der Waals surface area contributed by atoms with Gasteiger partial charge in [-0.3, -0.25) is 0 Å². The highest BCUT2D eigenvalue weighted by Gasteiger charge is 2.00. The molecule has 0 aromatic heterocycles. The zero-order valence-corrected chi connectivity index (χ0v) is 7.64. The van der Waals surface area contributed by atoms with Gasteiger partial charge in [0.05, 0.1) is 6.10 Å². The molecule has 0 saturated carbocycles. The first-order valence-electron chi connectivity index (χ1n) is 3.55. The van der Waals surface area contributed by atoms with Gasteiger partial charge in [-0.25, -0.2) is 0 Å². The maximum absolute atomic E-state index is 5.15. The number of methoxy groups -OCH3 is 1. The molecule has 1 atom stereocenters. The van der Waals surface area contributed by atoms with E-state index in [-0.39, 0.29) is 6.10 Å². The zero-order chi connectivity index (χ0) is 8.27. The molecule has 2 heteroatoms. The van der Waals surface area contributed by atoms with Crippen molar-refractivity contribution in [1.82, 2.24) is 0 Å². The molecule has 1 rings (SSSR count). The van der Waals surface area contributed by atoms with Crippen molar-refractivity contribution < 1.29 is 4.74 Å². The van der Waals surface area contributed by atoms with Crippen molar-refractivity contribution in [3.8, 4) is 0 Å². The summed E-state index contributed by atoms with van der Waals surface area (Å²) in [4.78, 5) is 0.983. The molecule has 0 aliphatic heterocycles. The molecule has 0 unspecified atom stereocenters. The number of thiol groups is 1. The van der Waals surface area contributed by atoms with Crippen molar-refractivity contribution in [2.45, 2.75) is 17.9 Å². The third kappa shape index (κ3) is 2.24. The van der Waals surface area contributed by atoms with Crippen LogP contribution in [0.2, 0.25) is 0 Å². The van der Waals surface area contributed by atoms with Gasteiger partial charge in [-0.05, 0) is 24.6 Å². The molecule has 11 heavy (non-hydrogen) atoms. The summed E-state index contributed by atoms with van der Waals surface area (Å²) in [5.74, 6) is 0. The fourth-order valence-corrected chi connectivity index (χ4v) is 1.03. The van der Waals surface area contributed by atoms with Crippen LogP contribution < -0.4 is 0 Å². The Balaban J connectivity index is 2.81. The molecule has 0 aliphatic rings. The fraction of sp³-hybridized carbons (Fsp3) is 0.333. The smallest absolute Gasteiger partial charge is 0.0793 e. The molecule has 0 heterocycles. The largest absolute Gasteiger partial charge is 0.377 e. The number of hydrogen-bond donors (Lipinski definition) is 1. The van der Waals surface area contributed by atoms with Gasteiger partial charge in [0, 0.05) is 12.0 Å². The van der Waals surface area contributed by atoms with E-state index in [9.17, 15) is 0 Å². The molecule has 0 amide bonds. The SMILES string of the molecule is CO[C@@H](C)c1ccc(S)cc1. The molecule has 0 bridgehead atoms. The lowest BCUT2D eigenvalue weighted by Gasteiger charge is -2.08. The van der Waals surface area contributed by atoms with E-state index in [4.69, 9.17) is 4.74 Å². The summed E-state index contributed by atoms with van der Waals surface area (Å²) in [6.45, 7) is 2.02. The minimum atomic E-state index is 0.170. The molecule has 0 aliphatic carbocycles. The maximum atomic E-state index is 5.15. The van der Waals surface area contributed by atoms with Crippen molar-refractivity contribution in [2.24, 2.45) is 0 Å². The Morgan fingerprint density at radius 3 is 2.27 bits per heavy atom. The highest BCUT2D eigenvalue weighted by molar-refractivity contribution is 7.80. The van der Waals surface area contributed by atoms with E-state index in [0.29, 0.717) is 0 Å². The minimum Gasteiger partial charge on any atom is -0.377 e. The summed E-state index contributed by atoms with van der Waals surface area (Å²) in [6.07, 6.45) is 0.170. The van der Waals surface area contributed by atoms with Crippen LogP contribution in [0.25, 0.3) is 0 Å². The molecular formula is C9H12OS. The summed E-state index contributed by atoms with van der Waals surface area (Å²) in [5.41, 5.74) is 1.19. The first-order valence-corrected chi connectivity index (χ1v) is 4.00. The van der Waals surface area contributed by atoms with Gasteiger partial charge in [-0.2, -0.15) is 0 Å². The summed E-state index contributed by atoms with van der Waals surface area (Å²) in [7, 11) is 1.71. The van der Waals surface area contributed by atoms with E-state index < -0.39 is 0 Å². The van der Waals surface area contributed by atoms with Gasteiger partial charge in [-0.1, -0.05) is 12.1 Å². The average molecular weight is 168 g/mol. The second-order valence-electron chi connectivity index (χ2n) is 2.47. The van der Waals surface area contributed by atoms with E-state index >= 15 is 0 Å². The molecule has 1 aromatic rings. The van der Waals surface area contributed by atoms with Crippen LogP contribution in [0.4, 0.5) is 0 Å². The van der Waals surface area contributed by atoms with Crippen molar-refractivity contribution in [1.29, 1.82) is 0 Å². The molecule has 0 radical (unpaired) electrons. The van der Waals surface area contributed by atoms with Crippen molar-refractivity contribution in [3.05, 3.63) is 29.8 Å². The Labute approximate surface area is 72.8 Å². The molecule has 1 aromatic carbocycles. The Morgan fingerprint density at radius 1 is 1.27 bits per heavy atom. The van der Waals surface area contributed by atoms with Crippen LogP contribution in [0.15, 0.2) is 29.2 Å². The van der Waals surface area contributed by atoms with Crippen molar-refractivity contribution >= 4 is 12.6 Å². The zero-order valence-electron chi connectivity index (χ0n) is 6.74. The van der Waals surface area contributed by atoms with Gasteiger partial charge >= 0.3 is 0 Å². The minimum absolute atomic E-state index is 0.170. The Bertz CT molecular complexity index is 218. The second kappa shape index (κ2) is 3.79. The van der Waals surface area contributed by atoms with E-state index in [2.05, 4.69) is 12.6 Å². The van der Waals surface area contributed by atoms with Crippen LogP contribution >= 0.6 is 12.6 Å². The summed E-state index contributed by atoms with van der Waals surface area (Å²) >= 11 is 4.19. The van der Waals surface area contributed by atoms with Gasteiger partial charge in [0.25, 0.3) is 0 Å². The molecule has 60 valence electrons. The highest BCUT2D eigenvalue weighted by Crippen LogP contribution is 2.16. The van der Waals surface area contributed by atoms with E-state index in [1.54, 1.807) is 7.11 Å². The third-order valence-corrected chi connectivity index (χ3v) is 2.01. The predicted octanol–water partition coefficient (Wildman–Crippen LogP) is 2.68. The van der Waals surface area contributed by atoms with E-state index in [1.807, 2.05) is 31.2 Å². The predicted molar refractivity (Wildman–Crippen MR) is 49.1 cm³/mol. The topological polar surface area (TPSA) is 9.23 Å². The molecule has 0 N–H and O–H groups in total. The van der Waals surface area contributed by atoms with Crippen LogP contribution in [0.3, 0.4) is 0 Å². The van der Waals surface area contributed by atoms with Crippen LogP contribution in [0.5, 0.6) is 0 Å². The first-order chi connectivity index (χ1) is 5.24. The maximum Gasteiger partial charge on any atom is 0.0793 e. The van der Waals surface area contributed by atoms with Gasteiger partial charge in [0.1, 0.15) is 0 Å².